The molecule has 0 radical (unpaired) electrons. The van der Waals surface area contributed by atoms with E-state index in [4.69, 9.17) is 0 Å². The van der Waals surface area contributed by atoms with E-state index in [1.54, 1.807) is 18.2 Å². The van der Waals surface area contributed by atoms with E-state index in [9.17, 15) is 13.2 Å². The summed E-state index contributed by atoms with van der Waals surface area (Å²) in [6.45, 7) is 3.17. The molecule has 29 heavy (non-hydrogen) atoms. The van der Waals surface area contributed by atoms with Crippen molar-refractivity contribution in [2.24, 2.45) is 0 Å². The van der Waals surface area contributed by atoms with Crippen LogP contribution in [-0.4, -0.2) is 20.9 Å². The van der Waals surface area contributed by atoms with E-state index in [1.807, 2.05) is 24.3 Å². The third-order valence-electron chi connectivity index (χ3n) is 4.73. The molecule has 7 heteroatoms. The number of hydrogen-bond acceptors (Lipinski definition) is 2. The van der Waals surface area contributed by atoms with Crippen LogP contribution in [0.25, 0.3) is 22.2 Å². The van der Waals surface area contributed by atoms with Gasteiger partial charge < -0.3 is 10.3 Å². The van der Waals surface area contributed by atoms with Gasteiger partial charge in [0.25, 0.3) is 0 Å². The summed E-state index contributed by atoms with van der Waals surface area (Å²) in [5, 5.41) is 8.02. The number of aromatic nitrogens is 3. The van der Waals surface area contributed by atoms with Crippen LogP contribution in [0.2, 0.25) is 0 Å². The molecular weight excluding hydrogens is 377 g/mol. The Kier molecular flexibility index (Phi) is 4.82. The van der Waals surface area contributed by atoms with Crippen LogP contribution in [0.15, 0.2) is 60.8 Å². The molecule has 4 nitrogen and oxygen atoms in total. The Hall–Kier alpha value is -3.22. The predicted octanol–water partition coefficient (Wildman–Crippen LogP) is 6.46. The molecule has 2 aromatic carbocycles. The number of halogens is 3. The van der Waals surface area contributed by atoms with Crippen molar-refractivity contribution in [1.82, 2.24) is 14.8 Å². The molecule has 0 unspecified atom stereocenters. The predicted molar refractivity (Wildman–Crippen MR) is 109 cm³/mol. The van der Waals surface area contributed by atoms with Gasteiger partial charge in [-0.2, -0.15) is 18.3 Å². The zero-order valence-corrected chi connectivity index (χ0v) is 16.1. The number of fused-ring (bicyclic) bond motifs is 1. The highest BCUT2D eigenvalue weighted by Gasteiger charge is 2.28. The first-order valence-electron chi connectivity index (χ1n) is 9.38. The smallest absolute Gasteiger partial charge is 0.358 e. The Labute approximate surface area is 166 Å². The Morgan fingerprint density at radius 2 is 1.79 bits per heavy atom. The van der Waals surface area contributed by atoms with Gasteiger partial charge in [0, 0.05) is 28.7 Å². The van der Waals surface area contributed by atoms with Gasteiger partial charge in [-0.15, -0.1) is 0 Å². The number of alkyl halides is 3. The fraction of sp³-hybridized carbons (Fsp3) is 0.227. The van der Waals surface area contributed by atoms with Gasteiger partial charge in [-0.05, 0) is 41.8 Å². The van der Waals surface area contributed by atoms with E-state index in [-0.39, 0.29) is 0 Å². The van der Waals surface area contributed by atoms with E-state index < -0.39 is 12.7 Å². The molecule has 0 amide bonds. The van der Waals surface area contributed by atoms with E-state index in [0.29, 0.717) is 22.5 Å². The normalized spacial score (nSPS) is 12.1. The SMILES string of the molecule is CC(C)c1ccc(-c2ccc(Nc3cccc4cn(CC(F)(F)F)nc34)cc2)[nH]1. The lowest BCUT2D eigenvalue weighted by Gasteiger charge is -2.08. The molecule has 0 aliphatic rings. The first-order chi connectivity index (χ1) is 13.8. The zero-order valence-electron chi connectivity index (χ0n) is 16.1. The summed E-state index contributed by atoms with van der Waals surface area (Å²) < 4.78 is 38.9. The molecule has 150 valence electrons. The van der Waals surface area contributed by atoms with Crippen molar-refractivity contribution in [2.45, 2.75) is 32.5 Å². The molecule has 0 fully saturated rings. The average Bonchev–Trinajstić information content (AvgIpc) is 3.28. The maximum Gasteiger partial charge on any atom is 0.408 e. The second-order valence-corrected chi connectivity index (χ2v) is 7.37. The van der Waals surface area contributed by atoms with Crippen LogP contribution < -0.4 is 5.32 Å². The summed E-state index contributed by atoms with van der Waals surface area (Å²) in [5.74, 6) is 0.433. The Balaban J connectivity index is 1.56. The van der Waals surface area contributed by atoms with Gasteiger partial charge in [-0.1, -0.05) is 38.1 Å². The summed E-state index contributed by atoms with van der Waals surface area (Å²) >= 11 is 0. The van der Waals surface area contributed by atoms with Gasteiger partial charge in [0.2, 0.25) is 0 Å². The maximum absolute atomic E-state index is 12.7. The lowest BCUT2D eigenvalue weighted by Crippen LogP contribution is -2.17. The average molecular weight is 398 g/mol. The van der Waals surface area contributed by atoms with Crippen molar-refractivity contribution in [3.05, 3.63) is 66.5 Å². The minimum atomic E-state index is -4.31. The highest BCUT2D eigenvalue weighted by molar-refractivity contribution is 5.92. The fourth-order valence-electron chi connectivity index (χ4n) is 3.27. The van der Waals surface area contributed by atoms with Gasteiger partial charge in [-0.3, -0.25) is 4.68 Å². The van der Waals surface area contributed by atoms with Gasteiger partial charge in [-0.25, -0.2) is 0 Å². The molecule has 0 atom stereocenters. The molecule has 0 bridgehead atoms. The second kappa shape index (κ2) is 7.31. The molecular formula is C22H21F3N4. The zero-order chi connectivity index (χ0) is 20.6. The number of benzene rings is 2. The number of nitrogens with one attached hydrogen (secondary N) is 2. The second-order valence-electron chi connectivity index (χ2n) is 7.37. The van der Waals surface area contributed by atoms with Crippen LogP contribution in [0, 0.1) is 0 Å². The Bertz CT molecular complexity index is 1120. The lowest BCUT2D eigenvalue weighted by atomic mass is 10.1. The van der Waals surface area contributed by atoms with Crippen molar-refractivity contribution in [2.75, 3.05) is 5.32 Å². The molecule has 4 rings (SSSR count). The van der Waals surface area contributed by atoms with Gasteiger partial charge in [0.1, 0.15) is 12.1 Å². The van der Waals surface area contributed by atoms with Crippen LogP contribution in [0.3, 0.4) is 0 Å². The van der Waals surface area contributed by atoms with E-state index >= 15 is 0 Å². The number of rotatable bonds is 5. The largest absolute Gasteiger partial charge is 0.408 e. The van der Waals surface area contributed by atoms with Gasteiger partial charge >= 0.3 is 6.18 Å². The van der Waals surface area contributed by atoms with E-state index in [1.165, 1.54) is 11.9 Å². The maximum atomic E-state index is 12.7. The topological polar surface area (TPSA) is 45.6 Å². The number of H-pyrrole nitrogens is 1. The van der Waals surface area contributed by atoms with Crippen molar-refractivity contribution in [1.29, 1.82) is 0 Å². The van der Waals surface area contributed by atoms with Crippen LogP contribution in [0.1, 0.15) is 25.5 Å². The van der Waals surface area contributed by atoms with Crippen molar-refractivity contribution < 1.29 is 13.2 Å². The molecule has 2 aromatic heterocycles. The summed E-state index contributed by atoms with van der Waals surface area (Å²) in [6, 6.07) is 17.4. The molecule has 0 saturated heterocycles. The number of hydrogen-bond donors (Lipinski definition) is 2. The summed E-state index contributed by atoms with van der Waals surface area (Å²) in [4.78, 5) is 3.42. The highest BCUT2D eigenvalue weighted by atomic mass is 19.4. The van der Waals surface area contributed by atoms with Gasteiger partial charge in [0.05, 0.1) is 5.69 Å². The minimum absolute atomic E-state index is 0.433. The number of nitrogens with zero attached hydrogens (tertiary/aromatic N) is 2. The first kappa shape index (κ1) is 19.1. The Morgan fingerprint density at radius 3 is 2.45 bits per heavy atom. The molecule has 2 N–H and O–H groups in total. The lowest BCUT2D eigenvalue weighted by molar-refractivity contribution is -0.142. The molecule has 0 aliphatic carbocycles. The summed E-state index contributed by atoms with van der Waals surface area (Å²) in [6.07, 6.45) is -2.90. The van der Waals surface area contributed by atoms with E-state index in [2.05, 4.69) is 41.4 Å². The van der Waals surface area contributed by atoms with Crippen LogP contribution in [0.4, 0.5) is 24.5 Å². The van der Waals surface area contributed by atoms with Crippen LogP contribution >= 0.6 is 0 Å². The molecule has 0 spiro atoms. The minimum Gasteiger partial charge on any atom is -0.358 e. The summed E-state index contributed by atoms with van der Waals surface area (Å²) in [7, 11) is 0. The third-order valence-corrected chi connectivity index (χ3v) is 4.73. The highest BCUT2D eigenvalue weighted by Crippen LogP contribution is 2.28. The molecule has 2 heterocycles. The summed E-state index contributed by atoms with van der Waals surface area (Å²) in [5.41, 5.74) is 5.30. The standard InChI is InChI=1S/C22H21F3N4/c1-14(2)18-10-11-19(27-18)15-6-8-17(9-7-15)26-20-5-3-4-16-12-29(28-21(16)20)13-22(23,24)25/h3-12,14,26-27H,13H2,1-2H3. The molecule has 0 aliphatic heterocycles. The van der Waals surface area contributed by atoms with Crippen molar-refractivity contribution in [3.63, 3.8) is 0 Å². The van der Waals surface area contributed by atoms with E-state index in [0.717, 1.165) is 21.6 Å². The molecule has 4 aromatic rings. The monoisotopic (exact) mass is 398 g/mol. The Morgan fingerprint density at radius 1 is 1.03 bits per heavy atom. The van der Waals surface area contributed by atoms with Crippen LogP contribution in [0.5, 0.6) is 0 Å². The van der Waals surface area contributed by atoms with Crippen LogP contribution in [-0.2, 0) is 6.54 Å². The third kappa shape index (κ3) is 4.29. The first-order valence-corrected chi connectivity index (χ1v) is 9.38. The van der Waals surface area contributed by atoms with Crippen molar-refractivity contribution >= 4 is 22.3 Å². The molecule has 0 saturated carbocycles. The van der Waals surface area contributed by atoms with Gasteiger partial charge in [0.15, 0.2) is 0 Å². The number of anilines is 2. The van der Waals surface area contributed by atoms with Crippen molar-refractivity contribution in [3.8, 4) is 11.3 Å². The fourth-order valence-corrected chi connectivity index (χ4v) is 3.27. The quantitative estimate of drug-likeness (QED) is 0.405. The number of aromatic amines is 1.